The molecule has 1 fully saturated rings. The van der Waals surface area contributed by atoms with Gasteiger partial charge >= 0.3 is 0 Å². The van der Waals surface area contributed by atoms with Crippen LogP contribution >= 0.6 is 11.3 Å². The van der Waals surface area contributed by atoms with Gasteiger partial charge in [-0.1, -0.05) is 0 Å². The first-order chi connectivity index (χ1) is 19.6. The molecule has 5 aromatic heterocycles. The minimum atomic E-state index is 0.0716. The average molecular weight is 549 g/mol. The standard InChI is InChI=1S/C31H28N6O2S/c1-18(38)29-2-3-30(40-29)25-16-34-17-28-24(25)12-27(37-28)31-23-11-26(36-14-19(23)4-9-35-31)20-10-22(15-33-13-20)39-21-5-7-32-8-6-21/h2-3,10-17,21,32,37H,4-9H2,1H3. The van der Waals surface area contributed by atoms with Crippen LogP contribution in [0.15, 0.2) is 66.3 Å². The van der Waals surface area contributed by atoms with Crippen LogP contribution in [-0.4, -0.2) is 57.2 Å². The molecular formula is C31H28N6O2S. The van der Waals surface area contributed by atoms with Gasteiger partial charge in [-0.2, -0.15) is 0 Å². The Hall–Kier alpha value is -4.21. The van der Waals surface area contributed by atoms with Gasteiger partial charge in [0.25, 0.3) is 0 Å². The smallest absolute Gasteiger partial charge is 0.169 e. The Morgan fingerprint density at radius 2 is 1.88 bits per heavy atom. The van der Waals surface area contributed by atoms with E-state index in [9.17, 15) is 4.79 Å². The number of ether oxygens (including phenoxy) is 1. The molecule has 5 aromatic rings. The van der Waals surface area contributed by atoms with Crippen molar-refractivity contribution >= 4 is 33.7 Å². The molecule has 40 heavy (non-hydrogen) atoms. The molecule has 0 saturated carbocycles. The number of piperidine rings is 1. The minimum Gasteiger partial charge on any atom is -0.489 e. The van der Waals surface area contributed by atoms with Crippen LogP contribution in [0.2, 0.25) is 0 Å². The number of hydrogen-bond donors (Lipinski definition) is 2. The zero-order valence-electron chi connectivity index (χ0n) is 22.1. The number of carbonyl (C=O) groups is 1. The molecule has 200 valence electrons. The molecule has 1 saturated heterocycles. The number of ketones is 1. The van der Waals surface area contributed by atoms with E-state index in [2.05, 4.69) is 32.4 Å². The van der Waals surface area contributed by atoms with Gasteiger partial charge in [-0.3, -0.25) is 24.7 Å². The number of nitrogens with one attached hydrogen (secondary N) is 2. The summed E-state index contributed by atoms with van der Waals surface area (Å²) < 4.78 is 6.23. The van der Waals surface area contributed by atoms with E-state index >= 15 is 0 Å². The summed E-state index contributed by atoms with van der Waals surface area (Å²) in [5.41, 5.74) is 7.78. The maximum Gasteiger partial charge on any atom is 0.169 e. The first-order valence-electron chi connectivity index (χ1n) is 13.6. The summed E-state index contributed by atoms with van der Waals surface area (Å²) >= 11 is 1.49. The van der Waals surface area contributed by atoms with Crippen LogP contribution in [0.25, 0.3) is 32.6 Å². The van der Waals surface area contributed by atoms with Crippen LogP contribution in [-0.2, 0) is 6.42 Å². The molecule has 0 spiro atoms. The predicted molar refractivity (Wildman–Crippen MR) is 158 cm³/mol. The number of Topliss-reactive ketones (excluding diaryl/α,β-unsaturated/α-hetero) is 1. The van der Waals surface area contributed by atoms with E-state index in [0.717, 1.165) is 92.5 Å². The summed E-state index contributed by atoms with van der Waals surface area (Å²) in [6, 6.07) is 10.2. The molecule has 2 aliphatic heterocycles. The summed E-state index contributed by atoms with van der Waals surface area (Å²) in [5, 5.41) is 4.43. The molecule has 2 N–H and O–H groups in total. The van der Waals surface area contributed by atoms with Gasteiger partial charge < -0.3 is 15.0 Å². The number of H-pyrrole nitrogens is 1. The Kier molecular flexibility index (Phi) is 6.45. The monoisotopic (exact) mass is 548 g/mol. The number of hydrogen-bond acceptors (Lipinski definition) is 8. The quantitative estimate of drug-likeness (QED) is 0.273. The van der Waals surface area contributed by atoms with Gasteiger partial charge in [0.15, 0.2) is 5.78 Å². The summed E-state index contributed by atoms with van der Waals surface area (Å²) in [6.07, 6.45) is 12.3. The largest absolute Gasteiger partial charge is 0.489 e. The third kappa shape index (κ3) is 4.71. The molecule has 0 bridgehead atoms. The van der Waals surface area contributed by atoms with Crippen molar-refractivity contribution in [2.24, 2.45) is 4.99 Å². The first-order valence-corrected chi connectivity index (χ1v) is 14.4. The molecule has 0 atom stereocenters. The van der Waals surface area contributed by atoms with Gasteiger partial charge in [-0.15, -0.1) is 11.3 Å². The number of aromatic nitrogens is 4. The van der Waals surface area contributed by atoms with Crippen molar-refractivity contribution in [2.75, 3.05) is 19.6 Å². The molecule has 0 unspecified atom stereocenters. The lowest BCUT2D eigenvalue weighted by atomic mass is 9.96. The maximum atomic E-state index is 11.9. The highest BCUT2D eigenvalue weighted by Crippen LogP contribution is 2.35. The van der Waals surface area contributed by atoms with Crippen molar-refractivity contribution in [3.8, 4) is 27.4 Å². The lowest BCUT2D eigenvalue weighted by Gasteiger charge is -2.23. The van der Waals surface area contributed by atoms with Gasteiger partial charge in [0.1, 0.15) is 11.9 Å². The normalized spacial score (nSPS) is 15.6. The first kappa shape index (κ1) is 24.8. The molecule has 0 amide bonds. The topological polar surface area (TPSA) is 105 Å². The van der Waals surface area contributed by atoms with E-state index in [0.29, 0.717) is 6.54 Å². The zero-order valence-corrected chi connectivity index (χ0v) is 22.9. The van der Waals surface area contributed by atoms with Gasteiger partial charge in [-0.25, -0.2) is 0 Å². The SMILES string of the molecule is CC(=O)c1ccc(-c2cncc3[nH]c(C4=NCCc5cnc(-c6cncc(OC7CCNCC7)c6)cc54)cc23)s1. The fourth-order valence-corrected chi connectivity index (χ4v) is 6.37. The van der Waals surface area contributed by atoms with E-state index in [1.807, 2.05) is 43.0 Å². The zero-order chi connectivity index (χ0) is 27.1. The van der Waals surface area contributed by atoms with Crippen molar-refractivity contribution in [1.29, 1.82) is 0 Å². The third-order valence-corrected chi connectivity index (χ3v) is 8.73. The van der Waals surface area contributed by atoms with Crippen LogP contribution in [0.3, 0.4) is 0 Å². The van der Waals surface area contributed by atoms with Gasteiger partial charge in [-0.05, 0) is 75.2 Å². The highest BCUT2D eigenvalue weighted by atomic mass is 32.1. The molecule has 7 rings (SSSR count). The Morgan fingerprint density at radius 1 is 1.00 bits per heavy atom. The van der Waals surface area contributed by atoms with E-state index in [1.54, 1.807) is 13.1 Å². The molecule has 8 nitrogen and oxygen atoms in total. The number of carbonyl (C=O) groups excluding carboxylic acids is 1. The summed E-state index contributed by atoms with van der Waals surface area (Å²) in [7, 11) is 0. The highest BCUT2D eigenvalue weighted by molar-refractivity contribution is 7.17. The number of rotatable bonds is 6. The lowest BCUT2D eigenvalue weighted by Crippen LogP contribution is -2.34. The summed E-state index contributed by atoms with van der Waals surface area (Å²) in [5.74, 6) is 0.845. The Morgan fingerprint density at radius 3 is 2.73 bits per heavy atom. The Bertz CT molecular complexity index is 1760. The van der Waals surface area contributed by atoms with E-state index in [1.165, 1.54) is 16.9 Å². The van der Waals surface area contributed by atoms with E-state index in [4.69, 9.17) is 14.7 Å². The second-order valence-corrected chi connectivity index (χ2v) is 11.3. The van der Waals surface area contributed by atoms with E-state index < -0.39 is 0 Å². The number of pyridine rings is 3. The van der Waals surface area contributed by atoms with E-state index in [-0.39, 0.29) is 11.9 Å². The molecule has 7 heterocycles. The van der Waals surface area contributed by atoms with Gasteiger partial charge in [0, 0.05) is 52.1 Å². The number of fused-ring (bicyclic) bond motifs is 2. The molecule has 0 radical (unpaired) electrons. The number of aromatic amines is 1. The van der Waals surface area contributed by atoms with Crippen LogP contribution in [0.1, 0.15) is 46.3 Å². The van der Waals surface area contributed by atoms with Crippen molar-refractivity contribution in [3.05, 3.63) is 83.0 Å². The number of thiophene rings is 1. The fourth-order valence-electron chi connectivity index (χ4n) is 5.44. The van der Waals surface area contributed by atoms with Crippen molar-refractivity contribution in [3.63, 3.8) is 0 Å². The second-order valence-electron chi connectivity index (χ2n) is 10.2. The Balaban J connectivity index is 1.23. The third-order valence-electron chi connectivity index (χ3n) is 7.51. The predicted octanol–water partition coefficient (Wildman–Crippen LogP) is 5.48. The second kappa shape index (κ2) is 10.4. The number of nitrogens with zero attached hydrogens (tertiary/aromatic N) is 4. The van der Waals surface area contributed by atoms with Crippen LogP contribution < -0.4 is 10.1 Å². The molecule has 2 aliphatic rings. The van der Waals surface area contributed by atoms with Crippen LogP contribution in [0.5, 0.6) is 5.75 Å². The minimum absolute atomic E-state index is 0.0716. The highest BCUT2D eigenvalue weighted by Gasteiger charge is 2.21. The average Bonchev–Trinajstić information content (AvgIpc) is 3.65. The van der Waals surface area contributed by atoms with Crippen molar-refractivity contribution in [2.45, 2.75) is 32.3 Å². The van der Waals surface area contributed by atoms with Crippen molar-refractivity contribution in [1.82, 2.24) is 25.3 Å². The van der Waals surface area contributed by atoms with Crippen molar-refractivity contribution < 1.29 is 9.53 Å². The van der Waals surface area contributed by atoms with Crippen LogP contribution in [0, 0.1) is 0 Å². The number of aliphatic imine (C=N–C) groups is 1. The maximum absolute atomic E-state index is 11.9. The molecule has 0 aromatic carbocycles. The summed E-state index contributed by atoms with van der Waals surface area (Å²) in [6.45, 7) is 4.25. The molecule has 9 heteroatoms. The summed E-state index contributed by atoms with van der Waals surface area (Å²) in [4.78, 5) is 35.8. The lowest BCUT2D eigenvalue weighted by molar-refractivity contribution is 0.102. The molecule has 0 aliphatic carbocycles. The van der Waals surface area contributed by atoms with Gasteiger partial charge in [0.2, 0.25) is 0 Å². The fraction of sp³-hybridized carbons (Fsp3) is 0.258. The van der Waals surface area contributed by atoms with Gasteiger partial charge in [0.05, 0.1) is 39.9 Å². The molecular weight excluding hydrogens is 520 g/mol. The Labute approximate surface area is 235 Å². The van der Waals surface area contributed by atoms with Crippen LogP contribution in [0.4, 0.5) is 0 Å².